The molecule has 0 fully saturated rings. The minimum absolute atomic E-state index is 0.210. The van der Waals surface area contributed by atoms with Crippen molar-refractivity contribution < 1.29 is 5.11 Å². The van der Waals surface area contributed by atoms with Gasteiger partial charge in [0.1, 0.15) is 0 Å². The quantitative estimate of drug-likeness (QED) is 0.826. The molecule has 1 aromatic carbocycles. The van der Waals surface area contributed by atoms with Crippen LogP contribution in [0.15, 0.2) is 18.2 Å². The molecule has 1 atom stereocenters. The van der Waals surface area contributed by atoms with E-state index in [1.165, 1.54) is 0 Å². The Bertz CT molecular complexity index is 616. The maximum Gasteiger partial charge on any atom is 0.0847 e. The lowest BCUT2D eigenvalue weighted by Gasteiger charge is -2.13. The van der Waals surface area contributed by atoms with Crippen LogP contribution >= 0.6 is 23.2 Å². The minimum atomic E-state index is -0.565. The van der Waals surface area contributed by atoms with Crippen molar-refractivity contribution in [2.45, 2.75) is 26.4 Å². The molecule has 1 heterocycles. The number of fused-ring (bicyclic) bond motifs is 1. The number of anilines is 1. The van der Waals surface area contributed by atoms with E-state index in [0.29, 0.717) is 6.54 Å². The van der Waals surface area contributed by atoms with Gasteiger partial charge in [-0.25, -0.2) is 0 Å². The van der Waals surface area contributed by atoms with E-state index in [1.807, 2.05) is 25.1 Å². The number of hydrogen-bond donors (Lipinski definition) is 2. The number of hydrogen-bond acceptors (Lipinski definition) is 3. The molecule has 0 radical (unpaired) electrons. The number of nitrogens with zero attached hydrogens (tertiary/aromatic N) is 1. The van der Waals surface area contributed by atoms with Crippen LogP contribution in [0.5, 0.6) is 0 Å². The Hall–Kier alpha value is -1.03. The van der Waals surface area contributed by atoms with Crippen LogP contribution in [0.25, 0.3) is 10.9 Å². The fourth-order valence-corrected chi connectivity index (χ4v) is 2.72. The molecule has 2 aromatic rings. The van der Waals surface area contributed by atoms with Crippen molar-refractivity contribution in [1.29, 1.82) is 0 Å². The third-order valence-electron chi connectivity index (χ3n) is 3.30. The van der Waals surface area contributed by atoms with Gasteiger partial charge in [0, 0.05) is 23.3 Å². The van der Waals surface area contributed by atoms with Crippen molar-refractivity contribution in [3.05, 3.63) is 34.5 Å². The van der Waals surface area contributed by atoms with E-state index in [9.17, 15) is 5.11 Å². The third-order valence-corrected chi connectivity index (χ3v) is 4.08. The Morgan fingerprint density at radius 1 is 1.40 bits per heavy atom. The Morgan fingerprint density at radius 2 is 2.15 bits per heavy atom. The molecule has 0 aliphatic carbocycles. The van der Waals surface area contributed by atoms with Crippen LogP contribution in [0, 0.1) is 6.92 Å². The van der Waals surface area contributed by atoms with Crippen molar-refractivity contribution in [2.75, 3.05) is 17.7 Å². The molecule has 0 aliphatic rings. The topological polar surface area (TPSA) is 45.2 Å². The fourth-order valence-electron chi connectivity index (χ4n) is 2.19. The van der Waals surface area contributed by atoms with E-state index in [0.717, 1.165) is 39.3 Å². The molecule has 0 amide bonds. The summed E-state index contributed by atoms with van der Waals surface area (Å²) in [6.07, 6.45) is 0.293. The summed E-state index contributed by atoms with van der Waals surface area (Å²) >= 11 is 12.0. The van der Waals surface area contributed by atoms with Gasteiger partial charge in [-0.15, -0.1) is 11.6 Å². The lowest BCUT2D eigenvalue weighted by Crippen LogP contribution is -2.20. The molecular weight excluding hydrogens is 295 g/mol. The van der Waals surface area contributed by atoms with Gasteiger partial charge >= 0.3 is 0 Å². The number of aliphatic hydroxyl groups excluding tert-OH is 1. The first-order valence-corrected chi connectivity index (χ1v) is 7.54. The molecular formula is C15H18Cl2N2O. The standard InChI is InChI=1S/C15H18Cl2N2O/c1-3-12-9(2)19-14-5-4-10(6-13(14)15(12)17)18-8-11(20)7-16/h4-6,11,18,20H,3,7-8H2,1-2H3. The summed E-state index contributed by atoms with van der Waals surface area (Å²) in [6.45, 7) is 4.46. The molecule has 1 aromatic heterocycles. The van der Waals surface area contributed by atoms with Crippen LogP contribution < -0.4 is 5.32 Å². The Kier molecular flexibility index (Phi) is 5.08. The number of aryl methyl sites for hydroxylation is 1. The second-order valence-corrected chi connectivity index (χ2v) is 5.45. The van der Waals surface area contributed by atoms with E-state index in [1.54, 1.807) is 0 Å². The molecule has 0 aliphatic heterocycles. The molecule has 0 spiro atoms. The summed E-state index contributed by atoms with van der Waals surface area (Å²) in [4.78, 5) is 4.58. The van der Waals surface area contributed by atoms with Crippen LogP contribution in [-0.4, -0.2) is 28.6 Å². The van der Waals surface area contributed by atoms with Crippen LogP contribution in [0.3, 0.4) is 0 Å². The number of aromatic nitrogens is 1. The number of alkyl halides is 1. The molecule has 3 nitrogen and oxygen atoms in total. The maximum absolute atomic E-state index is 9.47. The summed E-state index contributed by atoms with van der Waals surface area (Å²) in [5.41, 5.74) is 3.84. The fraction of sp³-hybridized carbons (Fsp3) is 0.400. The van der Waals surface area contributed by atoms with Gasteiger partial charge in [-0.2, -0.15) is 0 Å². The largest absolute Gasteiger partial charge is 0.390 e. The zero-order valence-electron chi connectivity index (χ0n) is 11.6. The summed E-state index contributed by atoms with van der Waals surface area (Å²) in [6, 6.07) is 5.82. The van der Waals surface area contributed by atoms with Gasteiger partial charge in [0.2, 0.25) is 0 Å². The highest BCUT2D eigenvalue weighted by Crippen LogP contribution is 2.30. The summed E-state index contributed by atoms with van der Waals surface area (Å²) in [5, 5.41) is 14.3. The number of aliphatic hydroxyl groups is 1. The van der Waals surface area contributed by atoms with Gasteiger partial charge in [0.25, 0.3) is 0 Å². The van der Waals surface area contributed by atoms with E-state index in [2.05, 4.69) is 17.2 Å². The molecule has 0 bridgehead atoms. The van der Waals surface area contributed by atoms with Crippen molar-refractivity contribution in [1.82, 2.24) is 4.98 Å². The number of pyridine rings is 1. The minimum Gasteiger partial charge on any atom is -0.390 e. The van der Waals surface area contributed by atoms with Crippen molar-refractivity contribution in [3.63, 3.8) is 0 Å². The normalized spacial score (nSPS) is 12.7. The van der Waals surface area contributed by atoms with E-state index in [4.69, 9.17) is 23.2 Å². The van der Waals surface area contributed by atoms with Gasteiger partial charge in [-0.1, -0.05) is 18.5 Å². The van der Waals surface area contributed by atoms with Gasteiger partial charge in [0.15, 0.2) is 0 Å². The van der Waals surface area contributed by atoms with Crippen LogP contribution in [0.1, 0.15) is 18.2 Å². The number of nitrogens with one attached hydrogen (secondary N) is 1. The van der Waals surface area contributed by atoms with Crippen molar-refractivity contribution in [2.24, 2.45) is 0 Å². The predicted molar refractivity (Wildman–Crippen MR) is 86.1 cm³/mol. The monoisotopic (exact) mass is 312 g/mol. The lowest BCUT2D eigenvalue weighted by molar-refractivity contribution is 0.211. The van der Waals surface area contributed by atoms with Gasteiger partial charge < -0.3 is 10.4 Å². The smallest absolute Gasteiger partial charge is 0.0847 e. The first-order valence-electron chi connectivity index (χ1n) is 6.63. The van der Waals surface area contributed by atoms with E-state index >= 15 is 0 Å². The summed E-state index contributed by atoms with van der Waals surface area (Å²) in [5.74, 6) is 0.210. The molecule has 2 N–H and O–H groups in total. The molecule has 1 unspecified atom stereocenters. The average molecular weight is 313 g/mol. The molecule has 0 saturated heterocycles. The lowest BCUT2D eigenvalue weighted by atomic mass is 10.1. The van der Waals surface area contributed by atoms with E-state index < -0.39 is 6.10 Å². The highest BCUT2D eigenvalue weighted by Gasteiger charge is 2.10. The highest BCUT2D eigenvalue weighted by molar-refractivity contribution is 6.36. The van der Waals surface area contributed by atoms with Crippen molar-refractivity contribution in [3.8, 4) is 0 Å². The maximum atomic E-state index is 9.47. The van der Waals surface area contributed by atoms with Gasteiger partial charge in [-0.3, -0.25) is 4.98 Å². The van der Waals surface area contributed by atoms with Gasteiger partial charge in [0.05, 0.1) is 22.5 Å². The van der Waals surface area contributed by atoms with Crippen LogP contribution in [-0.2, 0) is 6.42 Å². The predicted octanol–water partition coefficient (Wildman–Crippen LogP) is 3.77. The molecule has 2 rings (SSSR count). The number of benzene rings is 1. The second-order valence-electron chi connectivity index (χ2n) is 4.76. The summed E-state index contributed by atoms with van der Waals surface area (Å²) < 4.78 is 0. The molecule has 5 heteroatoms. The zero-order chi connectivity index (χ0) is 14.7. The number of halogens is 2. The first-order chi connectivity index (χ1) is 9.56. The van der Waals surface area contributed by atoms with Gasteiger partial charge in [-0.05, 0) is 37.1 Å². The molecule has 0 saturated carbocycles. The Balaban J connectivity index is 2.37. The summed E-state index contributed by atoms with van der Waals surface area (Å²) in [7, 11) is 0. The van der Waals surface area contributed by atoms with Crippen molar-refractivity contribution >= 4 is 39.8 Å². The van der Waals surface area contributed by atoms with Crippen LogP contribution in [0.2, 0.25) is 5.02 Å². The van der Waals surface area contributed by atoms with Crippen LogP contribution in [0.4, 0.5) is 5.69 Å². The Morgan fingerprint density at radius 3 is 2.80 bits per heavy atom. The number of rotatable bonds is 5. The first kappa shape index (κ1) is 15.4. The highest BCUT2D eigenvalue weighted by atomic mass is 35.5. The van der Waals surface area contributed by atoms with E-state index in [-0.39, 0.29) is 5.88 Å². The average Bonchev–Trinajstić information content (AvgIpc) is 2.45. The zero-order valence-corrected chi connectivity index (χ0v) is 13.1. The molecule has 20 heavy (non-hydrogen) atoms. The molecule has 108 valence electrons. The third kappa shape index (κ3) is 3.17. The second kappa shape index (κ2) is 6.61. The Labute approximate surface area is 128 Å². The SMILES string of the molecule is CCc1c(C)nc2ccc(NCC(O)CCl)cc2c1Cl.